The Morgan fingerprint density at radius 1 is 1.07 bits per heavy atom. The minimum absolute atomic E-state index is 0.00436. The Bertz CT molecular complexity index is 2070. The number of alkyl halides is 1. The van der Waals surface area contributed by atoms with E-state index in [1.54, 1.807) is 11.1 Å². The van der Waals surface area contributed by atoms with Crippen LogP contribution in [0.5, 0.6) is 0 Å². The number of carboxylic acids is 1. The lowest BCUT2D eigenvalue weighted by Crippen LogP contribution is -2.55. The van der Waals surface area contributed by atoms with Crippen LogP contribution in [0.2, 0.25) is 0 Å². The number of hydrogen-bond acceptors (Lipinski definition) is 11. The highest BCUT2D eigenvalue weighted by molar-refractivity contribution is 8.00. The van der Waals surface area contributed by atoms with Crippen LogP contribution in [0, 0.1) is 23.5 Å². The number of carboxylic acid groups (broad SMARTS) is 1. The van der Waals surface area contributed by atoms with E-state index < -0.39 is 76.8 Å². The van der Waals surface area contributed by atoms with Crippen molar-refractivity contribution in [3.8, 4) is 11.3 Å². The highest BCUT2D eigenvalue weighted by Crippen LogP contribution is 2.39. The van der Waals surface area contributed by atoms with Crippen LogP contribution in [0.25, 0.3) is 11.3 Å². The third kappa shape index (κ3) is 10.5. The molecule has 0 saturated carbocycles. The van der Waals surface area contributed by atoms with E-state index in [-0.39, 0.29) is 81.6 Å². The van der Waals surface area contributed by atoms with E-state index in [1.165, 1.54) is 4.90 Å². The predicted octanol–water partition coefficient (Wildman–Crippen LogP) is 2.62. The number of carbonyl (C=O) groups is 5. The second-order valence-corrected chi connectivity index (χ2v) is 17.1. The molecule has 4 aliphatic rings. The molecule has 328 valence electrons. The van der Waals surface area contributed by atoms with Gasteiger partial charge in [-0.2, -0.15) is 0 Å². The zero-order valence-corrected chi connectivity index (χ0v) is 34.3. The number of ether oxygens (including phenoxy) is 2. The van der Waals surface area contributed by atoms with Crippen molar-refractivity contribution in [3.05, 3.63) is 77.8 Å². The molecule has 7 rings (SSSR count). The second-order valence-electron chi connectivity index (χ2n) is 15.8. The molecule has 0 bridgehead atoms. The van der Waals surface area contributed by atoms with Crippen molar-refractivity contribution in [2.45, 2.75) is 61.8 Å². The first-order valence-electron chi connectivity index (χ1n) is 20.5. The van der Waals surface area contributed by atoms with E-state index in [4.69, 9.17) is 25.3 Å². The zero-order chi connectivity index (χ0) is 43.2. The van der Waals surface area contributed by atoms with Crippen LogP contribution in [0.15, 0.2) is 54.7 Å². The first-order chi connectivity index (χ1) is 29.4. The molecule has 6 atom stereocenters. The molecule has 0 spiro atoms. The summed E-state index contributed by atoms with van der Waals surface area (Å²) in [5.41, 5.74) is 6.56. The van der Waals surface area contributed by atoms with Crippen molar-refractivity contribution in [3.63, 3.8) is 0 Å². The Kier molecular flexibility index (Phi) is 14.4. The topological polar surface area (TPSA) is 190 Å². The molecule has 2 unspecified atom stereocenters. The number of morpholine rings is 1. The molecule has 0 aliphatic carbocycles. The van der Waals surface area contributed by atoms with Gasteiger partial charge in [-0.1, -0.05) is 30.3 Å². The minimum atomic E-state index is -1.26. The van der Waals surface area contributed by atoms with Gasteiger partial charge in [-0.15, -0.1) is 11.8 Å². The summed E-state index contributed by atoms with van der Waals surface area (Å²) in [4.78, 5) is 74.7. The van der Waals surface area contributed by atoms with Crippen LogP contribution in [0.1, 0.15) is 43.1 Å². The maximum atomic E-state index is 15.5. The number of aliphatic carboxylic acids is 1. The summed E-state index contributed by atoms with van der Waals surface area (Å²) in [6.07, 6.45) is -0.0990. The molecule has 4 N–H and O–H groups in total. The van der Waals surface area contributed by atoms with Gasteiger partial charge in [0.1, 0.15) is 29.7 Å². The molecule has 61 heavy (non-hydrogen) atoms. The number of likely N-dealkylation sites (tertiary alicyclic amines) is 1. The monoisotopic (exact) mass is 869 g/mol. The SMILES string of the molecule is N[C@@H](CSC1CC(=O)N(CCC(=O)N2CCO[C@H](C(=O)N(C[C@@H]3CNC[C@@H]3F)C(c3nc(-c4cc(F)ccc4F)cn3Cc3ccccc3)C3CCOCC3)C2)C1=O)C(=O)O. The van der Waals surface area contributed by atoms with Crippen molar-refractivity contribution < 1.29 is 51.7 Å². The third-order valence-electron chi connectivity index (χ3n) is 11.7. The van der Waals surface area contributed by atoms with E-state index in [9.17, 15) is 23.6 Å². The fourth-order valence-corrected chi connectivity index (χ4v) is 9.50. The summed E-state index contributed by atoms with van der Waals surface area (Å²) >= 11 is 0.985. The van der Waals surface area contributed by atoms with Crippen molar-refractivity contribution in [2.24, 2.45) is 17.6 Å². The summed E-state index contributed by atoms with van der Waals surface area (Å²) in [6, 6.07) is 10.6. The summed E-state index contributed by atoms with van der Waals surface area (Å²) in [6.45, 7) is 1.25. The maximum Gasteiger partial charge on any atom is 0.321 e. The lowest BCUT2D eigenvalue weighted by Gasteiger charge is -2.42. The van der Waals surface area contributed by atoms with E-state index in [0.29, 0.717) is 38.4 Å². The van der Waals surface area contributed by atoms with Crippen molar-refractivity contribution in [1.29, 1.82) is 0 Å². The van der Waals surface area contributed by atoms with Crippen LogP contribution in [-0.2, 0) is 40.0 Å². The lowest BCUT2D eigenvalue weighted by molar-refractivity contribution is -0.159. The van der Waals surface area contributed by atoms with Gasteiger partial charge in [0, 0.05) is 88.8 Å². The average molecular weight is 870 g/mol. The van der Waals surface area contributed by atoms with Gasteiger partial charge in [0.2, 0.25) is 17.7 Å². The molecule has 4 aliphatic heterocycles. The molecule has 19 heteroatoms. The number of nitrogens with two attached hydrogens (primary N) is 1. The van der Waals surface area contributed by atoms with Gasteiger partial charge >= 0.3 is 5.97 Å². The number of nitrogens with one attached hydrogen (secondary N) is 1. The lowest BCUT2D eigenvalue weighted by atomic mass is 9.88. The molecule has 5 heterocycles. The second kappa shape index (κ2) is 19.9. The molecule has 2 aromatic carbocycles. The minimum Gasteiger partial charge on any atom is -0.480 e. The zero-order valence-electron chi connectivity index (χ0n) is 33.5. The van der Waals surface area contributed by atoms with Crippen LogP contribution in [0.3, 0.4) is 0 Å². The van der Waals surface area contributed by atoms with Gasteiger partial charge in [-0.05, 0) is 42.5 Å². The number of imide groups is 1. The highest BCUT2D eigenvalue weighted by atomic mass is 32.2. The molecule has 15 nitrogen and oxygen atoms in total. The van der Waals surface area contributed by atoms with Crippen molar-refractivity contribution in [1.82, 2.24) is 29.6 Å². The third-order valence-corrected chi connectivity index (χ3v) is 13.1. The first-order valence-corrected chi connectivity index (χ1v) is 21.6. The molecule has 4 saturated heterocycles. The average Bonchev–Trinajstić information content (AvgIpc) is 3.95. The number of halogens is 3. The number of nitrogens with zero attached hydrogens (tertiary/aromatic N) is 5. The van der Waals surface area contributed by atoms with Gasteiger partial charge in [-0.3, -0.25) is 28.9 Å². The Hall–Kier alpha value is -4.82. The molecular weight excluding hydrogens is 820 g/mol. The summed E-state index contributed by atoms with van der Waals surface area (Å²) in [5, 5.41) is 11.4. The van der Waals surface area contributed by atoms with Crippen molar-refractivity contribution in [2.75, 3.05) is 64.8 Å². The predicted molar refractivity (Wildman–Crippen MR) is 217 cm³/mol. The van der Waals surface area contributed by atoms with E-state index in [1.807, 2.05) is 34.9 Å². The summed E-state index contributed by atoms with van der Waals surface area (Å²) in [5.74, 6) is -4.97. The quantitative estimate of drug-likeness (QED) is 0.179. The largest absolute Gasteiger partial charge is 0.480 e. The van der Waals surface area contributed by atoms with Crippen LogP contribution in [-0.4, -0.2) is 147 Å². The number of benzene rings is 2. The normalized spacial score (nSPS) is 23.3. The Balaban J connectivity index is 1.16. The molecule has 4 fully saturated rings. The van der Waals surface area contributed by atoms with Gasteiger partial charge < -0.3 is 40.0 Å². The van der Waals surface area contributed by atoms with Gasteiger partial charge in [0.15, 0.2) is 6.10 Å². The Morgan fingerprint density at radius 3 is 2.56 bits per heavy atom. The Labute approximate surface area is 355 Å². The van der Waals surface area contributed by atoms with E-state index in [2.05, 4.69) is 5.32 Å². The molecular formula is C42H50F3N7O8S. The number of imidazole rings is 1. The highest BCUT2D eigenvalue weighted by Gasteiger charge is 2.44. The van der Waals surface area contributed by atoms with E-state index >= 15 is 13.6 Å². The van der Waals surface area contributed by atoms with Crippen molar-refractivity contribution >= 4 is 41.4 Å². The fourth-order valence-electron chi connectivity index (χ4n) is 8.39. The number of amides is 4. The first kappa shape index (κ1) is 44.2. The fraction of sp³-hybridized carbons (Fsp3) is 0.524. The standard InChI is InChI=1S/C42H50F3N7O8S/c43-28-6-7-30(44)29(16-28)33-22-50(20-25-4-2-1-3-5-25)39(48-33)38(26-9-13-59-14-10-26)52(21-27-18-47-19-31(27)45)40(55)34-23-49(12-15-60-34)36(53)8-11-51-37(54)17-35(41(51)56)61-24-32(46)42(57)58/h1-7,16,22,26-27,31-32,34-35,38,47H,8-15,17-21,23-24,46H2,(H,57,58)/t27-,31-,32-,34-,35?,38?/m0/s1. The van der Waals surface area contributed by atoms with Crippen LogP contribution < -0.4 is 11.1 Å². The molecule has 1 aromatic heterocycles. The van der Waals surface area contributed by atoms with Crippen LogP contribution >= 0.6 is 11.8 Å². The summed E-state index contributed by atoms with van der Waals surface area (Å²) in [7, 11) is 0. The van der Waals surface area contributed by atoms with Crippen LogP contribution in [0.4, 0.5) is 13.2 Å². The number of rotatable bonds is 16. The van der Waals surface area contributed by atoms with Gasteiger partial charge in [0.05, 0.1) is 30.1 Å². The van der Waals surface area contributed by atoms with Gasteiger partial charge in [-0.25, -0.2) is 18.2 Å². The van der Waals surface area contributed by atoms with Gasteiger partial charge in [0.25, 0.3) is 5.91 Å². The molecule has 0 radical (unpaired) electrons. The van der Waals surface area contributed by atoms with E-state index in [0.717, 1.165) is 40.4 Å². The maximum absolute atomic E-state index is 15.5. The molecule has 4 amide bonds. The molecule has 3 aromatic rings. The Morgan fingerprint density at radius 2 is 1.84 bits per heavy atom. The number of thioether (sulfide) groups is 1. The number of aromatic nitrogens is 2. The summed E-state index contributed by atoms with van der Waals surface area (Å²) < 4.78 is 59.1. The number of carbonyl (C=O) groups excluding carboxylic acids is 4. The number of hydrogen-bond donors (Lipinski definition) is 3. The smallest absolute Gasteiger partial charge is 0.321 e.